The third-order valence-electron chi connectivity index (χ3n) is 4.73. The lowest BCUT2D eigenvalue weighted by molar-refractivity contribution is 0.0664. The van der Waals surface area contributed by atoms with Gasteiger partial charge in [0.05, 0.1) is 21.7 Å². The summed E-state index contributed by atoms with van der Waals surface area (Å²) in [5.74, 6) is -0.328. The molecule has 31 heavy (non-hydrogen) atoms. The first kappa shape index (κ1) is 21.4. The van der Waals surface area contributed by atoms with Gasteiger partial charge in [-0.25, -0.2) is 0 Å². The molecule has 0 radical (unpaired) electrons. The minimum Gasteiger partial charge on any atom is -0.322 e. The smallest absolute Gasteiger partial charge is 0.261 e. The molecule has 3 amide bonds. The second kappa shape index (κ2) is 9.14. The van der Waals surface area contributed by atoms with Crippen molar-refractivity contribution < 1.29 is 14.4 Å². The molecule has 0 atom stereocenters. The number of nitrogens with one attached hydrogen (secondary N) is 1. The molecule has 4 rings (SSSR count). The molecule has 8 heteroatoms. The van der Waals surface area contributed by atoms with Crippen molar-refractivity contribution in [2.24, 2.45) is 0 Å². The van der Waals surface area contributed by atoms with E-state index < -0.39 is 0 Å². The predicted molar refractivity (Wildman–Crippen MR) is 123 cm³/mol. The van der Waals surface area contributed by atoms with Crippen LogP contribution < -0.4 is 5.32 Å². The second-order valence-electron chi connectivity index (χ2n) is 6.76. The molecule has 0 aliphatic carbocycles. The van der Waals surface area contributed by atoms with Crippen LogP contribution in [-0.2, 0) is 0 Å². The summed E-state index contributed by atoms with van der Waals surface area (Å²) in [5, 5.41) is 3.55. The first-order chi connectivity index (χ1) is 14.9. The molecule has 1 N–H and O–H groups in total. The third kappa shape index (κ3) is 4.61. The molecule has 156 valence electrons. The van der Waals surface area contributed by atoms with Gasteiger partial charge in [0.2, 0.25) is 0 Å². The number of benzene rings is 3. The molecule has 0 fully saturated rings. The fourth-order valence-corrected chi connectivity index (χ4v) is 4.62. The van der Waals surface area contributed by atoms with Gasteiger partial charge in [0.1, 0.15) is 0 Å². The van der Waals surface area contributed by atoms with E-state index >= 15 is 0 Å². The van der Waals surface area contributed by atoms with Crippen molar-refractivity contribution in [1.82, 2.24) is 4.90 Å². The molecule has 3 aromatic rings. The maximum Gasteiger partial charge on any atom is 0.261 e. The zero-order chi connectivity index (χ0) is 22.0. The zero-order valence-electron chi connectivity index (χ0n) is 16.1. The average Bonchev–Trinajstić information content (AvgIpc) is 2.99. The highest BCUT2D eigenvalue weighted by molar-refractivity contribution is 7.99. The highest BCUT2D eigenvalue weighted by Gasteiger charge is 2.34. The van der Waals surface area contributed by atoms with E-state index in [0.29, 0.717) is 39.7 Å². The number of hydrogen-bond acceptors (Lipinski definition) is 4. The SMILES string of the molecule is O=C(Nc1cccc(SCCN2C(=O)c3ccccc3C2=O)c1)c1ccc(Cl)cc1Cl. The van der Waals surface area contributed by atoms with Crippen LogP contribution in [0.15, 0.2) is 71.6 Å². The van der Waals surface area contributed by atoms with Gasteiger partial charge in [0.15, 0.2) is 0 Å². The second-order valence-corrected chi connectivity index (χ2v) is 8.77. The van der Waals surface area contributed by atoms with E-state index in [1.54, 1.807) is 42.5 Å². The monoisotopic (exact) mass is 470 g/mol. The van der Waals surface area contributed by atoms with Crippen LogP contribution in [0.25, 0.3) is 0 Å². The number of rotatable bonds is 6. The van der Waals surface area contributed by atoms with Gasteiger partial charge >= 0.3 is 0 Å². The molecule has 0 unspecified atom stereocenters. The fraction of sp³-hybridized carbons (Fsp3) is 0.0870. The number of halogens is 2. The largest absolute Gasteiger partial charge is 0.322 e. The number of anilines is 1. The Morgan fingerprint density at radius 2 is 1.61 bits per heavy atom. The van der Waals surface area contributed by atoms with E-state index in [0.717, 1.165) is 4.90 Å². The molecule has 0 bridgehead atoms. The van der Waals surface area contributed by atoms with Crippen LogP contribution in [0.2, 0.25) is 10.0 Å². The van der Waals surface area contributed by atoms with E-state index in [9.17, 15) is 14.4 Å². The number of thioether (sulfide) groups is 1. The molecule has 0 spiro atoms. The molecule has 0 aromatic heterocycles. The van der Waals surface area contributed by atoms with E-state index in [1.165, 1.54) is 22.7 Å². The van der Waals surface area contributed by atoms with Crippen LogP contribution in [0.1, 0.15) is 31.1 Å². The number of carbonyl (C=O) groups excluding carboxylic acids is 3. The van der Waals surface area contributed by atoms with Crippen molar-refractivity contribution in [2.75, 3.05) is 17.6 Å². The van der Waals surface area contributed by atoms with E-state index in [1.807, 2.05) is 18.2 Å². The summed E-state index contributed by atoms with van der Waals surface area (Å²) in [4.78, 5) is 39.5. The number of carbonyl (C=O) groups is 3. The van der Waals surface area contributed by atoms with Gasteiger partial charge in [-0.05, 0) is 48.5 Å². The summed E-state index contributed by atoms with van der Waals surface area (Å²) in [6.45, 7) is 0.300. The zero-order valence-corrected chi connectivity index (χ0v) is 18.4. The minimum atomic E-state index is -0.338. The van der Waals surface area contributed by atoms with Crippen molar-refractivity contribution in [2.45, 2.75) is 4.90 Å². The van der Waals surface area contributed by atoms with Crippen LogP contribution in [-0.4, -0.2) is 34.9 Å². The van der Waals surface area contributed by atoms with Crippen LogP contribution >= 0.6 is 35.0 Å². The van der Waals surface area contributed by atoms with Crippen molar-refractivity contribution in [3.63, 3.8) is 0 Å². The van der Waals surface area contributed by atoms with E-state index in [-0.39, 0.29) is 22.7 Å². The van der Waals surface area contributed by atoms with Gasteiger partial charge in [-0.15, -0.1) is 11.8 Å². The van der Waals surface area contributed by atoms with Gasteiger partial charge in [-0.2, -0.15) is 0 Å². The number of nitrogens with zero attached hydrogens (tertiary/aromatic N) is 1. The highest BCUT2D eigenvalue weighted by atomic mass is 35.5. The average molecular weight is 471 g/mol. The lowest BCUT2D eigenvalue weighted by atomic mass is 10.1. The molecular weight excluding hydrogens is 455 g/mol. The van der Waals surface area contributed by atoms with Crippen molar-refractivity contribution in [3.05, 3.63) is 93.5 Å². The Balaban J connectivity index is 1.37. The summed E-state index contributed by atoms with van der Waals surface area (Å²) in [6.07, 6.45) is 0. The van der Waals surface area contributed by atoms with Gasteiger partial charge in [0.25, 0.3) is 17.7 Å². The van der Waals surface area contributed by atoms with Crippen LogP contribution in [0, 0.1) is 0 Å². The van der Waals surface area contributed by atoms with Crippen molar-refractivity contribution >= 4 is 58.4 Å². The topological polar surface area (TPSA) is 66.5 Å². The number of fused-ring (bicyclic) bond motifs is 1. The Morgan fingerprint density at radius 1 is 0.903 bits per heavy atom. The number of imide groups is 1. The van der Waals surface area contributed by atoms with E-state index in [4.69, 9.17) is 23.2 Å². The summed E-state index contributed by atoms with van der Waals surface area (Å²) in [6, 6.07) is 18.9. The summed E-state index contributed by atoms with van der Waals surface area (Å²) < 4.78 is 0. The van der Waals surface area contributed by atoms with Crippen molar-refractivity contribution in [1.29, 1.82) is 0 Å². The maximum atomic E-state index is 12.5. The Labute approximate surface area is 193 Å². The normalized spacial score (nSPS) is 12.8. The predicted octanol–water partition coefficient (Wildman–Crippen LogP) is 5.63. The van der Waals surface area contributed by atoms with E-state index in [2.05, 4.69) is 5.32 Å². The molecule has 0 saturated carbocycles. The lowest BCUT2D eigenvalue weighted by Gasteiger charge is -2.13. The quantitative estimate of drug-likeness (QED) is 0.374. The molecule has 3 aromatic carbocycles. The molecule has 1 heterocycles. The number of hydrogen-bond donors (Lipinski definition) is 1. The molecule has 1 aliphatic rings. The minimum absolute atomic E-state index is 0.262. The Kier molecular flexibility index (Phi) is 6.32. The fourth-order valence-electron chi connectivity index (χ4n) is 3.23. The van der Waals surface area contributed by atoms with Crippen LogP contribution in [0.4, 0.5) is 5.69 Å². The third-order valence-corrected chi connectivity index (χ3v) is 6.25. The maximum absolute atomic E-state index is 12.5. The Morgan fingerprint density at radius 3 is 2.29 bits per heavy atom. The molecular formula is C23H16Cl2N2O3S. The van der Waals surface area contributed by atoms with Gasteiger partial charge < -0.3 is 5.32 Å². The van der Waals surface area contributed by atoms with Crippen LogP contribution in [0.3, 0.4) is 0 Å². The molecule has 0 saturated heterocycles. The Hall–Kier alpha value is -2.80. The Bertz CT molecular complexity index is 1160. The standard InChI is InChI=1S/C23H16Cl2N2O3S/c24-14-8-9-19(20(25)12-14)21(28)26-15-4-3-5-16(13-15)31-11-10-27-22(29)17-6-1-2-7-18(17)23(27)30/h1-9,12-13H,10-11H2,(H,26,28). The lowest BCUT2D eigenvalue weighted by Crippen LogP contribution is -2.31. The van der Waals surface area contributed by atoms with Gasteiger partial charge in [0, 0.05) is 27.9 Å². The van der Waals surface area contributed by atoms with Gasteiger partial charge in [-0.1, -0.05) is 41.4 Å². The summed E-state index contributed by atoms with van der Waals surface area (Å²) in [7, 11) is 0. The van der Waals surface area contributed by atoms with Gasteiger partial charge in [-0.3, -0.25) is 19.3 Å². The molecule has 1 aliphatic heterocycles. The molecule has 5 nitrogen and oxygen atoms in total. The van der Waals surface area contributed by atoms with Crippen LogP contribution in [0.5, 0.6) is 0 Å². The van der Waals surface area contributed by atoms with Crippen molar-refractivity contribution in [3.8, 4) is 0 Å². The highest BCUT2D eigenvalue weighted by Crippen LogP contribution is 2.26. The first-order valence-corrected chi connectivity index (χ1v) is 11.1. The summed E-state index contributed by atoms with van der Waals surface area (Å²) >= 11 is 13.5. The summed E-state index contributed by atoms with van der Waals surface area (Å²) in [5.41, 5.74) is 1.84. The first-order valence-electron chi connectivity index (χ1n) is 9.38. The number of amides is 3.